The van der Waals surface area contributed by atoms with E-state index in [1.807, 2.05) is 20.8 Å². The summed E-state index contributed by atoms with van der Waals surface area (Å²) in [6.07, 6.45) is -0.463. The van der Waals surface area contributed by atoms with Gasteiger partial charge in [0.05, 0.1) is 18.3 Å². The molecule has 0 fully saturated rings. The van der Waals surface area contributed by atoms with Crippen LogP contribution in [0.3, 0.4) is 0 Å². The van der Waals surface area contributed by atoms with Gasteiger partial charge < -0.3 is 15.2 Å². The minimum Gasteiger partial charge on any atom is -0.389 e. The van der Waals surface area contributed by atoms with Gasteiger partial charge in [0.2, 0.25) is 0 Å². The average molecular weight is 251 g/mol. The highest BCUT2D eigenvalue weighted by atomic mass is 16.5. The summed E-state index contributed by atoms with van der Waals surface area (Å²) in [5, 5.41) is 13.0. The van der Waals surface area contributed by atoms with Gasteiger partial charge >= 0.3 is 0 Å². The van der Waals surface area contributed by atoms with Crippen molar-refractivity contribution in [1.29, 1.82) is 0 Å². The average Bonchev–Trinajstić information content (AvgIpc) is 2.28. The van der Waals surface area contributed by atoms with Gasteiger partial charge in [-0.1, -0.05) is 29.8 Å². The molecule has 1 aromatic rings. The fourth-order valence-electron chi connectivity index (χ4n) is 1.49. The van der Waals surface area contributed by atoms with Crippen LogP contribution in [0.15, 0.2) is 24.3 Å². The molecule has 0 heterocycles. The van der Waals surface area contributed by atoms with Crippen molar-refractivity contribution in [3.8, 4) is 0 Å². The van der Waals surface area contributed by atoms with E-state index in [1.165, 1.54) is 11.1 Å². The van der Waals surface area contributed by atoms with Crippen molar-refractivity contribution in [3.05, 3.63) is 35.4 Å². The van der Waals surface area contributed by atoms with Crippen molar-refractivity contribution >= 4 is 0 Å². The number of nitrogens with one attached hydrogen (secondary N) is 1. The maximum Gasteiger partial charge on any atom is 0.0898 e. The highest BCUT2D eigenvalue weighted by Gasteiger charge is 2.13. The first-order valence-corrected chi connectivity index (χ1v) is 6.45. The SMILES string of the molecule is Cc1ccc(CNCC(O)COC(C)(C)C)cc1. The zero-order valence-corrected chi connectivity index (χ0v) is 11.9. The van der Waals surface area contributed by atoms with Crippen LogP contribution in [0.25, 0.3) is 0 Å². The summed E-state index contributed by atoms with van der Waals surface area (Å²) in [5.74, 6) is 0. The Labute approximate surface area is 110 Å². The summed E-state index contributed by atoms with van der Waals surface area (Å²) in [6, 6.07) is 8.38. The maximum atomic E-state index is 9.75. The van der Waals surface area contributed by atoms with E-state index in [0.717, 1.165) is 6.54 Å². The molecule has 3 heteroatoms. The third kappa shape index (κ3) is 6.74. The van der Waals surface area contributed by atoms with Crippen LogP contribution in [0.2, 0.25) is 0 Å². The maximum absolute atomic E-state index is 9.75. The first kappa shape index (κ1) is 15.2. The van der Waals surface area contributed by atoms with Gasteiger partial charge in [-0.25, -0.2) is 0 Å². The van der Waals surface area contributed by atoms with Gasteiger partial charge in [0.15, 0.2) is 0 Å². The van der Waals surface area contributed by atoms with Gasteiger partial charge in [-0.3, -0.25) is 0 Å². The third-order valence-electron chi connectivity index (χ3n) is 2.54. The lowest BCUT2D eigenvalue weighted by molar-refractivity contribution is -0.0479. The van der Waals surface area contributed by atoms with Crippen LogP contribution in [0.4, 0.5) is 0 Å². The van der Waals surface area contributed by atoms with Crippen LogP contribution in [0.5, 0.6) is 0 Å². The van der Waals surface area contributed by atoms with Crippen molar-refractivity contribution in [3.63, 3.8) is 0 Å². The van der Waals surface area contributed by atoms with Crippen LogP contribution >= 0.6 is 0 Å². The Hall–Kier alpha value is -0.900. The molecular formula is C15H25NO2. The Morgan fingerprint density at radius 3 is 2.39 bits per heavy atom. The Bertz CT molecular complexity index is 341. The van der Waals surface area contributed by atoms with E-state index in [0.29, 0.717) is 13.2 Å². The van der Waals surface area contributed by atoms with Crippen LogP contribution < -0.4 is 5.32 Å². The van der Waals surface area contributed by atoms with Crippen LogP contribution in [-0.2, 0) is 11.3 Å². The highest BCUT2D eigenvalue weighted by molar-refractivity contribution is 5.21. The lowest BCUT2D eigenvalue weighted by Crippen LogP contribution is -2.33. The first-order chi connectivity index (χ1) is 8.37. The number of aryl methyl sites for hydroxylation is 1. The monoisotopic (exact) mass is 251 g/mol. The number of hydrogen-bond acceptors (Lipinski definition) is 3. The smallest absolute Gasteiger partial charge is 0.0898 e. The van der Waals surface area contributed by atoms with E-state index < -0.39 is 6.10 Å². The highest BCUT2D eigenvalue weighted by Crippen LogP contribution is 2.07. The second kappa shape index (κ2) is 6.88. The molecule has 3 nitrogen and oxygen atoms in total. The second-order valence-electron chi connectivity index (χ2n) is 5.69. The van der Waals surface area contributed by atoms with Crippen molar-refractivity contribution in [1.82, 2.24) is 5.32 Å². The summed E-state index contributed by atoms with van der Waals surface area (Å²) >= 11 is 0. The molecule has 102 valence electrons. The Morgan fingerprint density at radius 2 is 1.83 bits per heavy atom. The number of aliphatic hydroxyl groups is 1. The van der Waals surface area contributed by atoms with Crippen molar-refractivity contribution in [2.75, 3.05) is 13.2 Å². The van der Waals surface area contributed by atoms with Crippen molar-refractivity contribution in [2.45, 2.75) is 45.9 Å². The Morgan fingerprint density at radius 1 is 1.22 bits per heavy atom. The zero-order chi connectivity index (χ0) is 13.6. The lowest BCUT2D eigenvalue weighted by Gasteiger charge is -2.22. The van der Waals surface area contributed by atoms with E-state index in [4.69, 9.17) is 4.74 Å². The molecule has 18 heavy (non-hydrogen) atoms. The molecule has 2 N–H and O–H groups in total. The molecule has 0 aliphatic heterocycles. The van der Waals surface area contributed by atoms with Gasteiger partial charge in [0.1, 0.15) is 0 Å². The molecule has 1 unspecified atom stereocenters. The van der Waals surface area contributed by atoms with Gasteiger partial charge in [-0.05, 0) is 33.3 Å². The van der Waals surface area contributed by atoms with Crippen molar-refractivity contribution in [2.24, 2.45) is 0 Å². The number of ether oxygens (including phenoxy) is 1. The van der Waals surface area contributed by atoms with Gasteiger partial charge in [-0.2, -0.15) is 0 Å². The normalized spacial score (nSPS) is 13.6. The van der Waals surface area contributed by atoms with E-state index in [2.05, 4.69) is 36.5 Å². The topological polar surface area (TPSA) is 41.5 Å². The van der Waals surface area contributed by atoms with Crippen LogP contribution in [0.1, 0.15) is 31.9 Å². The van der Waals surface area contributed by atoms with Crippen molar-refractivity contribution < 1.29 is 9.84 Å². The summed E-state index contributed by atoms with van der Waals surface area (Å²) in [4.78, 5) is 0. The quantitative estimate of drug-likeness (QED) is 0.815. The predicted molar refractivity (Wildman–Crippen MR) is 74.6 cm³/mol. The zero-order valence-electron chi connectivity index (χ0n) is 11.9. The van der Waals surface area contributed by atoms with E-state index in [9.17, 15) is 5.11 Å². The van der Waals surface area contributed by atoms with Crippen LogP contribution in [0, 0.1) is 6.92 Å². The molecule has 0 spiro atoms. The third-order valence-corrected chi connectivity index (χ3v) is 2.54. The molecule has 0 amide bonds. The number of aliphatic hydroxyl groups excluding tert-OH is 1. The molecule has 1 atom stereocenters. The minimum atomic E-state index is -0.463. The second-order valence-corrected chi connectivity index (χ2v) is 5.69. The molecule has 0 aliphatic rings. The van der Waals surface area contributed by atoms with Gasteiger partial charge in [0.25, 0.3) is 0 Å². The molecule has 0 saturated carbocycles. The molecule has 0 radical (unpaired) electrons. The largest absolute Gasteiger partial charge is 0.389 e. The lowest BCUT2D eigenvalue weighted by atomic mass is 10.1. The number of rotatable bonds is 6. The molecule has 1 rings (SSSR count). The standard InChI is InChI=1S/C15H25NO2/c1-12-5-7-13(8-6-12)9-16-10-14(17)11-18-15(2,3)4/h5-8,14,16-17H,9-11H2,1-4H3. The Kier molecular flexibility index (Phi) is 5.79. The summed E-state index contributed by atoms with van der Waals surface area (Å²) in [6.45, 7) is 9.71. The first-order valence-electron chi connectivity index (χ1n) is 6.45. The number of hydrogen-bond donors (Lipinski definition) is 2. The van der Waals surface area contributed by atoms with Gasteiger partial charge in [0, 0.05) is 13.1 Å². The predicted octanol–water partition coefficient (Wildman–Crippen LogP) is 2.26. The molecule has 1 aromatic carbocycles. The summed E-state index contributed by atoms with van der Waals surface area (Å²) in [7, 11) is 0. The fourth-order valence-corrected chi connectivity index (χ4v) is 1.49. The summed E-state index contributed by atoms with van der Waals surface area (Å²) in [5.41, 5.74) is 2.29. The number of benzene rings is 1. The van der Waals surface area contributed by atoms with E-state index >= 15 is 0 Å². The van der Waals surface area contributed by atoms with E-state index in [-0.39, 0.29) is 5.60 Å². The molecule has 0 aromatic heterocycles. The van der Waals surface area contributed by atoms with Crippen LogP contribution in [-0.4, -0.2) is 30.0 Å². The minimum absolute atomic E-state index is 0.196. The van der Waals surface area contributed by atoms with Gasteiger partial charge in [-0.15, -0.1) is 0 Å². The fraction of sp³-hybridized carbons (Fsp3) is 0.600. The summed E-state index contributed by atoms with van der Waals surface area (Å²) < 4.78 is 5.52. The Balaban J connectivity index is 2.19. The molecule has 0 bridgehead atoms. The van der Waals surface area contributed by atoms with E-state index in [1.54, 1.807) is 0 Å². The molecular weight excluding hydrogens is 226 g/mol. The molecule has 0 aliphatic carbocycles. The molecule has 0 saturated heterocycles.